The minimum absolute atomic E-state index is 0.966. The first-order chi connectivity index (χ1) is 8.95. The Bertz CT molecular complexity index is 301. The fourth-order valence-electron chi connectivity index (χ4n) is 2.93. The molecule has 1 aliphatic rings. The van der Waals surface area contributed by atoms with Crippen LogP contribution in [0.2, 0.25) is 0 Å². The number of hydrogen-bond donors (Lipinski definition) is 1. The van der Waals surface area contributed by atoms with E-state index >= 15 is 0 Å². The van der Waals surface area contributed by atoms with Crippen molar-refractivity contribution in [3.63, 3.8) is 0 Å². The van der Waals surface area contributed by atoms with E-state index in [4.69, 9.17) is 0 Å². The summed E-state index contributed by atoms with van der Waals surface area (Å²) in [7, 11) is 0. The van der Waals surface area contributed by atoms with Gasteiger partial charge in [-0.2, -0.15) is 0 Å². The van der Waals surface area contributed by atoms with Gasteiger partial charge in [0.1, 0.15) is 0 Å². The van der Waals surface area contributed by atoms with Gasteiger partial charge in [0.15, 0.2) is 0 Å². The molecule has 0 radical (unpaired) electrons. The number of nitrogens with one attached hydrogen (secondary N) is 1. The quantitative estimate of drug-likeness (QED) is 0.711. The number of unbranched alkanes of at least 4 members (excludes halogenated alkanes) is 3. The van der Waals surface area contributed by atoms with Crippen molar-refractivity contribution >= 4 is 0 Å². The van der Waals surface area contributed by atoms with Gasteiger partial charge < -0.3 is 5.32 Å². The summed E-state index contributed by atoms with van der Waals surface area (Å²) in [4.78, 5) is 0. The van der Waals surface area contributed by atoms with Crippen molar-refractivity contribution in [2.24, 2.45) is 5.92 Å². The molecule has 0 aliphatic carbocycles. The third-order valence-electron chi connectivity index (χ3n) is 4.07. The number of piperidine rings is 1. The maximum absolute atomic E-state index is 3.51. The van der Waals surface area contributed by atoms with Crippen LogP contribution in [0, 0.1) is 5.92 Å². The van der Waals surface area contributed by atoms with Crippen LogP contribution in [0.1, 0.15) is 50.5 Å². The van der Waals surface area contributed by atoms with Crippen molar-refractivity contribution in [1.82, 2.24) is 5.32 Å². The predicted molar refractivity (Wildman–Crippen MR) is 78.8 cm³/mol. The summed E-state index contributed by atoms with van der Waals surface area (Å²) in [5.41, 5.74) is 1.49. The van der Waals surface area contributed by atoms with Gasteiger partial charge in [-0.3, -0.25) is 0 Å². The molecule has 18 heavy (non-hydrogen) atoms. The molecule has 1 unspecified atom stereocenters. The molecule has 1 heteroatoms. The molecule has 1 atom stereocenters. The molecule has 1 N–H and O–H groups in total. The van der Waals surface area contributed by atoms with E-state index in [2.05, 4.69) is 35.6 Å². The largest absolute Gasteiger partial charge is 0.316 e. The fraction of sp³-hybridized carbons (Fsp3) is 0.647. The maximum atomic E-state index is 3.51. The molecule has 1 fully saturated rings. The third kappa shape index (κ3) is 5.22. The predicted octanol–water partition coefficient (Wildman–Crippen LogP) is 4.18. The molecule has 1 aromatic carbocycles. The van der Waals surface area contributed by atoms with Crippen LogP contribution in [0.4, 0.5) is 0 Å². The molecule has 0 aromatic heterocycles. The topological polar surface area (TPSA) is 12.0 Å². The van der Waals surface area contributed by atoms with Crippen LogP contribution >= 0.6 is 0 Å². The van der Waals surface area contributed by atoms with E-state index in [0.717, 1.165) is 5.92 Å². The average Bonchev–Trinajstić information content (AvgIpc) is 2.45. The molecule has 2 rings (SSSR count). The van der Waals surface area contributed by atoms with Crippen LogP contribution < -0.4 is 5.32 Å². The van der Waals surface area contributed by atoms with E-state index in [1.54, 1.807) is 0 Å². The molecule has 1 saturated heterocycles. The molecule has 0 spiro atoms. The number of hydrogen-bond acceptors (Lipinski definition) is 1. The molecular formula is C17H27N. The zero-order chi connectivity index (χ0) is 12.5. The van der Waals surface area contributed by atoms with E-state index in [0.29, 0.717) is 0 Å². The second-order valence-corrected chi connectivity index (χ2v) is 5.65. The zero-order valence-corrected chi connectivity index (χ0v) is 11.5. The summed E-state index contributed by atoms with van der Waals surface area (Å²) in [6, 6.07) is 10.9. The maximum Gasteiger partial charge on any atom is -0.00205 e. The lowest BCUT2D eigenvalue weighted by molar-refractivity contribution is 0.346. The van der Waals surface area contributed by atoms with Gasteiger partial charge in [0.25, 0.3) is 0 Å². The summed E-state index contributed by atoms with van der Waals surface area (Å²) in [6.07, 6.45) is 11.1. The Labute approximate surface area is 112 Å². The first-order valence-electron chi connectivity index (χ1n) is 7.70. The lowest BCUT2D eigenvalue weighted by Gasteiger charge is -2.22. The fourth-order valence-corrected chi connectivity index (χ4v) is 2.93. The van der Waals surface area contributed by atoms with Gasteiger partial charge >= 0.3 is 0 Å². The minimum Gasteiger partial charge on any atom is -0.316 e. The second kappa shape index (κ2) is 8.31. The van der Waals surface area contributed by atoms with Crippen LogP contribution in [0.3, 0.4) is 0 Å². The number of aryl methyl sites for hydroxylation is 1. The van der Waals surface area contributed by atoms with Crippen molar-refractivity contribution in [2.45, 2.75) is 51.4 Å². The molecular weight excluding hydrogens is 218 g/mol. The van der Waals surface area contributed by atoms with E-state index in [1.165, 1.54) is 70.0 Å². The second-order valence-electron chi connectivity index (χ2n) is 5.65. The molecule has 1 nitrogen and oxygen atoms in total. The van der Waals surface area contributed by atoms with Gasteiger partial charge in [-0.1, -0.05) is 49.6 Å². The standard InChI is InChI=1S/C17H27N/c1(4-9-16-10-6-3-7-11-16)2-5-12-17-13-8-14-18-15-17/h3,6-7,10-11,17-18H,1-2,4-5,8-9,12-15H2. The Morgan fingerprint density at radius 2 is 1.83 bits per heavy atom. The summed E-state index contributed by atoms with van der Waals surface area (Å²) in [5.74, 6) is 0.966. The van der Waals surface area contributed by atoms with Crippen LogP contribution in [0.5, 0.6) is 0 Å². The smallest absolute Gasteiger partial charge is 0.00205 e. The van der Waals surface area contributed by atoms with Crippen molar-refractivity contribution in [1.29, 1.82) is 0 Å². The number of rotatable bonds is 7. The summed E-state index contributed by atoms with van der Waals surface area (Å²) in [6.45, 7) is 2.51. The summed E-state index contributed by atoms with van der Waals surface area (Å²) < 4.78 is 0. The van der Waals surface area contributed by atoms with E-state index in [-0.39, 0.29) is 0 Å². The Morgan fingerprint density at radius 3 is 2.61 bits per heavy atom. The highest BCUT2D eigenvalue weighted by Gasteiger charge is 2.11. The van der Waals surface area contributed by atoms with Crippen LogP contribution in [-0.2, 0) is 6.42 Å². The minimum atomic E-state index is 0.966. The SMILES string of the molecule is c1ccc(CCCCCCC2CCCNC2)cc1. The number of benzene rings is 1. The van der Waals surface area contributed by atoms with Gasteiger partial charge in [0, 0.05) is 0 Å². The normalized spacial score (nSPS) is 19.9. The van der Waals surface area contributed by atoms with E-state index in [9.17, 15) is 0 Å². The highest BCUT2D eigenvalue weighted by atomic mass is 14.9. The first-order valence-corrected chi connectivity index (χ1v) is 7.70. The third-order valence-corrected chi connectivity index (χ3v) is 4.07. The van der Waals surface area contributed by atoms with Crippen molar-refractivity contribution in [3.05, 3.63) is 35.9 Å². The highest BCUT2D eigenvalue weighted by Crippen LogP contribution is 2.18. The Morgan fingerprint density at radius 1 is 1.00 bits per heavy atom. The molecule has 0 saturated carbocycles. The van der Waals surface area contributed by atoms with E-state index in [1.807, 2.05) is 0 Å². The summed E-state index contributed by atoms with van der Waals surface area (Å²) in [5, 5.41) is 3.51. The van der Waals surface area contributed by atoms with Crippen LogP contribution in [0.25, 0.3) is 0 Å². The zero-order valence-electron chi connectivity index (χ0n) is 11.5. The lowest BCUT2D eigenvalue weighted by atomic mass is 9.93. The first kappa shape index (κ1) is 13.6. The van der Waals surface area contributed by atoms with Gasteiger partial charge in [0.2, 0.25) is 0 Å². The molecule has 1 aliphatic heterocycles. The van der Waals surface area contributed by atoms with Crippen molar-refractivity contribution < 1.29 is 0 Å². The highest BCUT2D eigenvalue weighted by molar-refractivity contribution is 5.14. The molecule has 100 valence electrons. The Hall–Kier alpha value is -0.820. The lowest BCUT2D eigenvalue weighted by Crippen LogP contribution is -2.29. The average molecular weight is 245 g/mol. The van der Waals surface area contributed by atoms with Crippen LogP contribution in [-0.4, -0.2) is 13.1 Å². The molecule has 1 aromatic rings. The monoisotopic (exact) mass is 245 g/mol. The van der Waals surface area contributed by atoms with Gasteiger partial charge in [-0.15, -0.1) is 0 Å². The van der Waals surface area contributed by atoms with Crippen molar-refractivity contribution in [2.75, 3.05) is 13.1 Å². The van der Waals surface area contributed by atoms with Crippen molar-refractivity contribution in [3.8, 4) is 0 Å². The molecule has 0 bridgehead atoms. The molecule has 0 amide bonds. The Balaban J connectivity index is 1.46. The van der Waals surface area contributed by atoms with Gasteiger partial charge in [0.05, 0.1) is 0 Å². The summed E-state index contributed by atoms with van der Waals surface area (Å²) >= 11 is 0. The van der Waals surface area contributed by atoms with Gasteiger partial charge in [-0.25, -0.2) is 0 Å². The Kier molecular flexibility index (Phi) is 6.28. The van der Waals surface area contributed by atoms with E-state index < -0.39 is 0 Å². The van der Waals surface area contributed by atoms with Crippen LogP contribution in [0.15, 0.2) is 30.3 Å². The van der Waals surface area contributed by atoms with Gasteiger partial charge in [-0.05, 0) is 56.7 Å². The molecule has 1 heterocycles.